The van der Waals surface area contributed by atoms with Gasteiger partial charge in [0, 0.05) is 13.1 Å². The van der Waals surface area contributed by atoms with Gasteiger partial charge in [0.2, 0.25) is 0 Å². The van der Waals surface area contributed by atoms with E-state index in [1.807, 2.05) is 48.5 Å². The van der Waals surface area contributed by atoms with E-state index >= 15 is 0 Å². The van der Waals surface area contributed by atoms with Gasteiger partial charge in [0.05, 0.1) is 5.82 Å². The van der Waals surface area contributed by atoms with Crippen LogP contribution in [0.15, 0.2) is 73.1 Å². The van der Waals surface area contributed by atoms with Crippen molar-refractivity contribution in [2.75, 3.05) is 19.7 Å². The molecule has 0 saturated carbocycles. The van der Waals surface area contributed by atoms with Crippen LogP contribution in [-0.2, 0) is 6.42 Å². The Bertz CT molecular complexity index is 572. The van der Waals surface area contributed by atoms with Crippen molar-refractivity contribution in [3.05, 3.63) is 78.6 Å². The molecule has 2 aromatic rings. The van der Waals surface area contributed by atoms with Crippen molar-refractivity contribution in [2.45, 2.75) is 12.5 Å². The van der Waals surface area contributed by atoms with Crippen molar-refractivity contribution in [3.8, 4) is 5.75 Å². The minimum atomic E-state index is -0.595. The zero-order valence-corrected chi connectivity index (χ0v) is 13.2. The Hall–Kier alpha value is -2.46. The second-order valence-electron chi connectivity index (χ2n) is 5.30. The lowest BCUT2D eigenvalue weighted by Gasteiger charge is -2.16. The quantitative estimate of drug-likeness (QED) is 0.630. The smallest absolute Gasteiger partial charge is 0.119 e. The summed E-state index contributed by atoms with van der Waals surface area (Å²) in [6.07, 6.45) is 0.337. The highest BCUT2D eigenvalue weighted by Crippen LogP contribution is 2.08. The van der Waals surface area contributed by atoms with Crippen LogP contribution in [0.1, 0.15) is 5.56 Å². The normalized spacial score (nSPS) is 11.5. The number of ether oxygens (including phenoxy) is 1. The van der Waals surface area contributed by atoms with Crippen molar-refractivity contribution >= 4 is 0 Å². The van der Waals surface area contributed by atoms with Gasteiger partial charge in [-0.1, -0.05) is 55.1 Å². The summed E-state index contributed by atoms with van der Waals surface area (Å²) in [5.74, 6) is 1.46. The Balaban J connectivity index is 1.56. The lowest BCUT2D eigenvalue weighted by molar-refractivity contribution is 0.108. The molecule has 0 heterocycles. The van der Waals surface area contributed by atoms with E-state index in [4.69, 9.17) is 4.74 Å². The van der Waals surface area contributed by atoms with Crippen molar-refractivity contribution in [1.82, 2.24) is 10.6 Å². The number of hydrogen-bond donors (Lipinski definition) is 3. The fourth-order valence-electron chi connectivity index (χ4n) is 2.07. The number of hydrogen-bond acceptors (Lipinski definition) is 4. The first-order valence-corrected chi connectivity index (χ1v) is 7.80. The molecule has 0 bridgehead atoms. The predicted octanol–water partition coefficient (Wildman–Crippen LogP) is 2.32. The van der Waals surface area contributed by atoms with Gasteiger partial charge in [0.25, 0.3) is 0 Å². The third kappa shape index (κ3) is 6.89. The summed E-state index contributed by atoms with van der Waals surface area (Å²) in [5, 5.41) is 16.2. The fraction of sp³-hybridized carbons (Fsp3) is 0.263. The monoisotopic (exact) mass is 312 g/mol. The zero-order chi connectivity index (χ0) is 16.3. The van der Waals surface area contributed by atoms with Crippen LogP contribution in [0.25, 0.3) is 0 Å². The van der Waals surface area contributed by atoms with Gasteiger partial charge in [0.15, 0.2) is 0 Å². The van der Waals surface area contributed by atoms with Gasteiger partial charge in [-0.3, -0.25) is 0 Å². The summed E-state index contributed by atoms with van der Waals surface area (Å²) in [6.45, 7) is 5.34. The lowest BCUT2D eigenvalue weighted by atomic mass is 10.1. The van der Waals surface area contributed by atoms with Gasteiger partial charge in [-0.25, -0.2) is 0 Å². The molecule has 0 aromatic heterocycles. The maximum absolute atomic E-state index is 9.91. The maximum Gasteiger partial charge on any atom is 0.119 e. The first-order chi connectivity index (χ1) is 11.2. The highest BCUT2D eigenvalue weighted by atomic mass is 16.5. The van der Waals surface area contributed by atoms with Crippen LogP contribution in [0.2, 0.25) is 0 Å². The Kier molecular flexibility index (Phi) is 7.01. The number of aliphatic hydroxyl groups excluding tert-OH is 1. The van der Waals surface area contributed by atoms with E-state index in [1.165, 1.54) is 5.56 Å². The molecule has 23 heavy (non-hydrogen) atoms. The molecule has 0 aliphatic heterocycles. The summed E-state index contributed by atoms with van der Waals surface area (Å²) >= 11 is 0. The average molecular weight is 312 g/mol. The number of nitrogens with one attached hydrogen (secondary N) is 2. The van der Waals surface area contributed by atoms with Gasteiger partial charge < -0.3 is 20.5 Å². The molecular formula is C19H24N2O2. The SMILES string of the molecule is C=C(NCCc1ccccc1)NCC(O)COc1ccccc1. The molecule has 1 atom stereocenters. The third-order valence-electron chi connectivity index (χ3n) is 3.33. The van der Waals surface area contributed by atoms with Gasteiger partial charge >= 0.3 is 0 Å². The van der Waals surface area contributed by atoms with Crippen LogP contribution < -0.4 is 15.4 Å². The first-order valence-electron chi connectivity index (χ1n) is 7.80. The van der Waals surface area contributed by atoms with Crippen molar-refractivity contribution in [2.24, 2.45) is 0 Å². The van der Waals surface area contributed by atoms with Crippen LogP contribution in [-0.4, -0.2) is 30.9 Å². The minimum Gasteiger partial charge on any atom is -0.491 e. The van der Waals surface area contributed by atoms with E-state index in [0.29, 0.717) is 12.4 Å². The highest BCUT2D eigenvalue weighted by Gasteiger charge is 2.05. The third-order valence-corrected chi connectivity index (χ3v) is 3.33. The summed E-state index contributed by atoms with van der Waals surface area (Å²) in [5.41, 5.74) is 1.28. The Morgan fingerprint density at radius 3 is 2.35 bits per heavy atom. The minimum absolute atomic E-state index is 0.244. The van der Waals surface area contributed by atoms with E-state index in [-0.39, 0.29) is 6.61 Å². The molecule has 0 spiro atoms. The van der Waals surface area contributed by atoms with E-state index in [2.05, 4.69) is 29.3 Å². The summed E-state index contributed by atoms with van der Waals surface area (Å²) < 4.78 is 5.50. The van der Waals surface area contributed by atoms with Crippen LogP contribution >= 0.6 is 0 Å². The van der Waals surface area contributed by atoms with Crippen LogP contribution in [0, 0.1) is 0 Å². The van der Waals surface area contributed by atoms with Gasteiger partial charge in [0.1, 0.15) is 18.5 Å². The largest absolute Gasteiger partial charge is 0.491 e. The molecular weight excluding hydrogens is 288 g/mol. The molecule has 2 rings (SSSR count). The maximum atomic E-state index is 9.91. The molecule has 122 valence electrons. The number of benzene rings is 2. The summed E-state index contributed by atoms with van der Waals surface area (Å²) in [7, 11) is 0. The van der Waals surface area contributed by atoms with Crippen LogP contribution in [0.4, 0.5) is 0 Å². The molecule has 1 unspecified atom stereocenters. The molecule has 3 N–H and O–H groups in total. The first kappa shape index (κ1) is 16.9. The van der Waals surface area contributed by atoms with Crippen molar-refractivity contribution in [1.29, 1.82) is 0 Å². The van der Waals surface area contributed by atoms with Crippen LogP contribution in [0.3, 0.4) is 0 Å². The van der Waals surface area contributed by atoms with E-state index in [0.717, 1.165) is 18.7 Å². The molecule has 0 aliphatic rings. The van der Waals surface area contributed by atoms with E-state index in [9.17, 15) is 5.11 Å². The number of rotatable bonds is 10. The Labute approximate surface area is 137 Å². The van der Waals surface area contributed by atoms with Gasteiger partial charge in [-0.2, -0.15) is 0 Å². The molecule has 2 aromatic carbocycles. The molecule has 4 nitrogen and oxygen atoms in total. The molecule has 0 saturated heterocycles. The lowest BCUT2D eigenvalue weighted by Crippen LogP contribution is -2.35. The second-order valence-corrected chi connectivity index (χ2v) is 5.30. The second kappa shape index (κ2) is 9.54. The van der Waals surface area contributed by atoms with E-state index < -0.39 is 6.10 Å². The number of para-hydroxylation sites is 1. The Morgan fingerprint density at radius 1 is 1.00 bits per heavy atom. The van der Waals surface area contributed by atoms with Crippen molar-refractivity contribution < 1.29 is 9.84 Å². The van der Waals surface area contributed by atoms with Crippen LogP contribution in [0.5, 0.6) is 5.75 Å². The molecule has 0 fully saturated rings. The average Bonchev–Trinajstić information content (AvgIpc) is 2.60. The number of aliphatic hydroxyl groups is 1. The zero-order valence-electron chi connectivity index (χ0n) is 13.2. The van der Waals surface area contributed by atoms with Gasteiger partial charge in [-0.15, -0.1) is 0 Å². The summed E-state index contributed by atoms with van der Waals surface area (Å²) in [4.78, 5) is 0. The molecule has 0 radical (unpaired) electrons. The summed E-state index contributed by atoms with van der Waals surface area (Å²) in [6, 6.07) is 19.7. The highest BCUT2D eigenvalue weighted by molar-refractivity contribution is 5.20. The predicted molar refractivity (Wildman–Crippen MR) is 93.2 cm³/mol. The molecule has 4 heteroatoms. The van der Waals surface area contributed by atoms with Crippen molar-refractivity contribution in [3.63, 3.8) is 0 Å². The van der Waals surface area contributed by atoms with E-state index in [1.54, 1.807) is 0 Å². The standard InChI is InChI=1S/C19H24N2O2/c1-16(20-13-12-17-8-4-2-5-9-17)21-14-18(22)15-23-19-10-6-3-7-11-19/h2-11,18,20-22H,1,12-15H2. The molecule has 0 aliphatic carbocycles. The fourth-order valence-corrected chi connectivity index (χ4v) is 2.07. The Morgan fingerprint density at radius 2 is 1.65 bits per heavy atom. The molecule has 0 amide bonds. The van der Waals surface area contributed by atoms with Gasteiger partial charge in [-0.05, 0) is 24.1 Å². The topological polar surface area (TPSA) is 53.5 Å².